The third kappa shape index (κ3) is 4.15. The first-order chi connectivity index (χ1) is 13.7. The summed E-state index contributed by atoms with van der Waals surface area (Å²) in [5.41, 5.74) is 1.91. The van der Waals surface area contributed by atoms with Crippen molar-refractivity contribution in [1.29, 1.82) is 0 Å². The molecule has 1 atom stereocenters. The molecule has 1 aliphatic heterocycles. The summed E-state index contributed by atoms with van der Waals surface area (Å²) in [6.07, 6.45) is 2.60. The number of hydrogen-bond acceptors (Lipinski definition) is 5. The number of hydrogen-bond donors (Lipinski definition) is 1. The molecule has 1 N–H and O–H groups in total. The minimum absolute atomic E-state index is 0.0464. The van der Waals surface area contributed by atoms with Gasteiger partial charge >= 0.3 is 0 Å². The lowest BCUT2D eigenvalue weighted by Crippen LogP contribution is -2.51. The van der Waals surface area contributed by atoms with Gasteiger partial charge in [-0.1, -0.05) is 36.4 Å². The van der Waals surface area contributed by atoms with E-state index in [1.807, 2.05) is 53.2 Å². The van der Waals surface area contributed by atoms with E-state index in [1.165, 1.54) is 11.3 Å². The molecule has 0 aliphatic carbocycles. The van der Waals surface area contributed by atoms with E-state index >= 15 is 0 Å². The Labute approximate surface area is 172 Å². The Morgan fingerprint density at radius 2 is 1.96 bits per heavy atom. The maximum atomic E-state index is 12.8. The summed E-state index contributed by atoms with van der Waals surface area (Å²) in [4.78, 5) is 32.6. The van der Waals surface area contributed by atoms with E-state index in [0.717, 1.165) is 29.1 Å². The molecule has 1 aromatic carbocycles. The molecule has 0 bridgehead atoms. The number of nitrogens with one attached hydrogen (secondary N) is 1. The molecule has 1 fully saturated rings. The van der Waals surface area contributed by atoms with Crippen LogP contribution in [-0.2, 0) is 11.3 Å². The number of amides is 2. The van der Waals surface area contributed by atoms with Crippen LogP contribution < -0.4 is 5.32 Å². The predicted molar refractivity (Wildman–Crippen MR) is 112 cm³/mol. The van der Waals surface area contributed by atoms with Crippen LogP contribution in [0.15, 0.2) is 53.2 Å². The molecule has 1 unspecified atom stereocenters. The van der Waals surface area contributed by atoms with Gasteiger partial charge in [-0.05, 0) is 30.7 Å². The molecule has 2 aromatic heterocycles. The maximum Gasteiger partial charge on any atom is 0.264 e. The molecule has 4 rings (SSSR count). The second-order valence-corrected chi connectivity index (χ2v) is 8.52. The second-order valence-electron chi connectivity index (χ2n) is 6.72. The highest BCUT2D eigenvalue weighted by Gasteiger charge is 2.32. The molecule has 1 aliphatic rings. The van der Waals surface area contributed by atoms with E-state index < -0.39 is 6.04 Å². The Morgan fingerprint density at radius 1 is 1.11 bits per heavy atom. The number of thiophene rings is 1. The lowest BCUT2D eigenvalue weighted by Gasteiger charge is -2.34. The fourth-order valence-corrected chi connectivity index (χ4v) is 4.89. The fourth-order valence-electron chi connectivity index (χ4n) is 3.39. The minimum Gasteiger partial charge on any atom is -0.349 e. The zero-order valence-electron chi connectivity index (χ0n) is 15.3. The predicted octanol–water partition coefficient (Wildman–Crippen LogP) is 4.18. The van der Waals surface area contributed by atoms with Crippen LogP contribution in [0.3, 0.4) is 0 Å². The van der Waals surface area contributed by atoms with Crippen LogP contribution in [0.25, 0.3) is 10.6 Å². The molecule has 3 heterocycles. The summed E-state index contributed by atoms with van der Waals surface area (Å²) >= 11 is 2.99. The molecule has 0 saturated carbocycles. The van der Waals surface area contributed by atoms with Gasteiger partial charge in [0, 0.05) is 17.5 Å². The van der Waals surface area contributed by atoms with Crippen LogP contribution in [0.2, 0.25) is 0 Å². The highest BCUT2D eigenvalue weighted by Crippen LogP contribution is 2.24. The van der Waals surface area contributed by atoms with Crippen LogP contribution in [0.4, 0.5) is 0 Å². The zero-order valence-corrected chi connectivity index (χ0v) is 17.0. The minimum atomic E-state index is -0.407. The summed E-state index contributed by atoms with van der Waals surface area (Å²) in [5.74, 6) is -0.145. The van der Waals surface area contributed by atoms with Crippen LogP contribution in [0.5, 0.6) is 0 Å². The van der Waals surface area contributed by atoms with Crippen molar-refractivity contribution in [3.05, 3.63) is 63.8 Å². The van der Waals surface area contributed by atoms with Gasteiger partial charge in [-0.25, -0.2) is 4.98 Å². The van der Waals surface area contributed by atoms with Crippen LogP contribution in [-0.4, -0.2) is 34.3 Å². The van der Waals surface area contributed by atoms with E-state index in [9.17, 15) is 9.59 Å². The van der Waals surface area contributed by atoms with Gasteiger partial charge < -0.3 is 10.2 Å². The summed E-state index contributed by atoms with van der Waals surface area (Å²) in [7, 11) is 0. The highest BCUT2D eigenvalue weighted by molar-refractivity contribution is 7.13. The Morgan fingerprint density at radius 3 is 2.75 bits per heavy atom. The van der Waals surface area contributed by atoms with Gasteiger partial charge in [0.1, 0.15) is 11.0 Å². The number of nitrogens with zero attached hydrogens (tertiary/aromatic N) is 2. The van der Waals surface area contributed by atoms with E-state index in [2.05, 4.69) is 10.3 Å². The first-order valence-corrected chi connectivity index (χ1v) is 11.1. The molecule has 5 nitrogen and oxygen atoms in total. The molecular formula is C21H21N3O2S2. The van der Waals surface area contributed by atoms with Gasteiger partial charge in [-0.2, -0.15) is 0 Å². The average Bonchev–Trinajstić information content (AvgIpc) is 3.44. The maximum absolute atomic E-state index is 12.8. The number of benzene rings is 1. The zero-order chi connectivity index (χ0) is 19.3. The van der Waals surface area contributed by atoms with Crippen molar-refractivity contribution in [3.8, 4) is 10.6 Å². The quantitative estimate of drug-likeness (QED) is 0.685. The Bertz CT molecular complexity index is 938. The molecule has 1 saturated heterocycles. The van der Waals surface area contributed by atoms with E-state index in [0.29, 0.717) is 24.4 Å². The van der Waals surface area contributed by atoms with Crippen LogP contribution >= 0.6 is 22.7 Å². The summed E-state index contributed by atoms with van der Waals surface area (Å²) in [6.45, 7) is 1.00. The van der Waals surface area contributed by atoms with Crippen molar-refractivity contribution in [2.45, 2.75) is 31.8 Å². The Kier molecular flexibility index (Phi) is 5.83. The SMILES string of the molecule is O=C(NCc1csc(-c2ccccc2)n1)C1CCCCN1C(=O)c1cccs1. The van der Waals surface area contributed by atoms with Crippen molar-refractivity contribution in [3.63, 3.8) is 0 Å². The Hall–Kier alpha value is -2.51. The number of likely N-dealkylation sites (tertiary alicyclic amines) is 1. The van der Waals surface area contributed by atoms with Gasteiger partial charge in [0.2, 0.25) is 5.91 Å². The number of rotatable bonds is 5. The highest BCUT2D eigenvalue weighted by atomic mass is 32.1. The van der Waals surface area contributed by atoms with Crippen molar-refractivity contribution < 1.29 is 9.59 Å². The summed E-state index contributed by atoms with van der Waals surface area (Å²) < 4.78 is 0. The van der Waals surface area contributed by atoms with E-state index in [4.69, 9.17) is 0 Å². The van der Waals surface area contributed by atoms with E-state index in [-0.39, 0.29) is 11.8 Å². The molecule has 0 radical (unpaired) electrons. The van der Waals surface area contributed by atoms with Gasteiger partial charge in [0.25, 0.3) is 5.91 Å². The normalized spacial score (nSPS) is 16.7. The monoisotopic (exact) mass is 411 g/mol. The number of piperidine rings is 1. The molecule has 2 amide bonds. The van der Waals surface area contributed by atoms with Gasteiger partial charge in [0.05, 0.1) is 17.1 Å². The van der Waals surface area contributed by atoms with Crippen molar-refractivity contribution >= 4 is 34.5 Å². The fraction of sp³-hybridized carbons (Fsp3) is 0.286. The third-order valence-electron chi connectivity index (χ3n) is 4.81. The van der Waals surface area contributed by atoms with E-state index in [1.54, 1.807) is 16.2 Å². The number of carbonyl (C=O) groups is 2. The standard InChI is InChI=1S/C21H21N3O2S2/c25-19(17-9-4-5-11-24(17)21(26)18-10-6-12-27-18)22-13-16-14-28-20(23-16)15-7-2-1-3-8-15/h1-3,6-8,10,12,14,17H,4-5,9,11,13H2,(H,22,25). The van der Waals surface area contributed by atoms with Gasteiger partial charge in [-0.15, -0.1) is 22.7 Å². The molecule has 144 valence electrons. The Balaban J connectivity index is 1.40. The molecule has 7 heteroatoms. The van der Waals surface area contributed by atoms with Crippen molar-refractivity contribution in [1.82, 2.24) is 15.2 Å². The lowest BCUT2D eigenvalue weighted by atomic mass is 10.0. The second kappa shape index (κ2) is 8.67. The first kappa shape index (κ1) is 18.8. The molecule has 3 aromatic rings. The molecular weight excluding hydrogens is 390 g/mol. The summed E-state index contributed by atoms with van der Waals surface area (Å²) in [5, 5.41) is 7.78. The smallest absolute Gasteiger partial charge is 0.264 e. The number of carbonyl (C=O) groups excluding carboxylic acids is 2. The van der Waals surface area contributed by atoms with Gasteiger partial charge in [0.15, 0.2) is 0 Å². The third-order valence-corrected chi connectivity index (χ3v) is 6.61. The average molecular weight is 412 g/mol. The van der Waals surface area contributed by atoms with Crippen molar-refractivity contribution in [2.75, 3.05) is 6.54 Å². The number of thiazole rings is 1. The molecule has 0 spiro atoms. The topological polar surface area (TPSA) is 62.3 Å². The van der Waals surface area contributed by atoms with Gasteiger partial charge in [-0.3, -0.25) is 9.59 Å². The summed E-state index contributed by atoms with van der Waals surface area (Å²) in [6, 6.07) is 13.3. The van der Waals surface area contributed by atoms with Crippen molar-refractivity contribution in [2.24, 2.45) is 0 Å². The largest absolute Gasteiger partial charge is 0.349 e. The molecule has 28 heavy (non-hydrogen) atoms. The lowest BCUT2D eigenvalue weighted by molar-refractivity contribution is -0.126. The number of aromatic nitrogens is 1. The van der Waals surface area contributed by atoms with Crippen LogP contribution in [0.1, 0.15) is 34.6 Å². The van der Waals surface area contributed by atoms with Crippen LogP contribution in [0, 0.1) is 0 Å². The first-order valence-electron chi connectivity index (χ1n) is 9.34.